The SMILES string of the molecule is CC(C)(C)c1cc(CCC(=O)c2cc(Cl)c(Cl)[nH]2)cc(C(C)(C)C)c1O. The molecule has 0 radical (unpaired) electrons. The number of ketones is 1. The number of halogens is 2. The Balaban J connectivity index is 2.33. The van der Waals surface area contributed by atoms with Crippen molar-refractivity contribution in [2.45, 2.75) is 65.2 Å². The lowest BCUT2D eigenvalue weighted by Gasteiger charge is -2.28. The zero-order chi connectivity index (χ0) is 19.9. The van der Waals surface area contributed by atoms with Crippen LogP contribution >= 0.6 is 23.2 Å². The molecule has 26 heavy (non-hydrogen) atoms. The number of carbonyl (C=O) groups excluding carboxylic acids is 1. The van der Waals surface area contributed by atoms with E-state index >= 15 is 0 Å². The Morgan fingerprint density at radius 2 is 1.50 bits per heavy atom. The molecule has 2 rings (SSSR count). The number of hydrogen-bond donors (Lipinski definition) is 2. The Labute approximate surface area is 165 Å². The molecule has 142 valence electrons. The van der Waals surface area contributed by atoms with Crippen LogP contribution in [0.15, 0.2) is 18.2 Å². The third-order valence-corrected chi connectivity index (χ3v) is 5.14. The third-order valence-electron chi connectivity index (χ3n) is 4.45. The van der Waals surface area contributed by atoms with Gasteiger partial charge in [-0.2, -0.15) is 0 Å². The monoisotopic (exact) mass is 395 g/mol. The van der Waals surface area contributed by atoms with Crippen molar-refractivity contribution < 1.29 is 9.90 Å². The quantitative estimate of drug-likeness (QED) is 0.585. The van der Waals surface area contributed by atoms with Gasteiger partial charge in [0, 0.05) is 6.42 Å². The van der Waals surface area contributed by atoms with Gasteiger partial charge in [0.25, 0.3) is 0 Å². The highest BCUT2D eigenvalue weighted by molar-refractivity contribution is 6.41. The molecule has 0 atom stereocenters. The molecular weight excluding hydrogens is 369 g/mol. The van der Waals surface area contributed by atoms with Crippen LogP contribution in [-0.2, 0) is 17.3 Å². The van der Waals surface area contributed by atoms with Crippen LogP contribution in [0, 0.1) is 0 Å². The van der Waals surface area contributed by atoms with Gasteiger partial charge in [-0.05, 0) is 40.0 Å². The van der Waals surface area contributed by atoms with Crippen molar-refractivity contribution in [1.29, 1.82) is 0 Å². The van der Waals surface area contributed by atoms with Gasteiger partial charge in [0.05, 0.1) is 10.7 Å². The number of aromatic amines is 1. The Morgan fingerprint density at radius 1 is 1.00 bits per heavy atom. The topological polar surface area (TPSA) is 53.1 Å². The Morgan fingerprint density at radius 3 is 1.88 bits per heavy atom. The van der Waals surface area contributed by atoms with Gasteiger partial charge in [-0.15, -0.1) is 0 Å². The van der Waals surface area contributed by atoms with Gasteiger partial charge in [-0.3, -0.25) is 4.79 Å². The molecular formula is C21H27Cl2NO2. The number of rotatable bonds is 4. The number of aryl methyl sites for hydroxylation is 1. The molecule has 0 bridgehead atoms. The summed E-state index contributed by atoms with van der Waals surface area (Å²) in [6.07, 6.45) is 0.921. The minimum absolute atomic E-state index is 0.0403. The van der Waals surface area contributed by atoms with E-state index in [1.54, 1.807) is 6.07 Å². The normalized spacial score (nSPS) is 12.5. The minimum atomic E-state index is -0.190. The molecule has 0 spiro atoms. The van der Waals surface area contributed by atoms with Crippen LogP contribution < -0.4 is 0 Å². The molecule has 0 amide bonds. The fraction of sp³-hybridized carbons (Fsp3) is 0.476. The smallest absolute Gasteiger partial charge is 0.179 e. The van der Waals surface area contributed by atoms with Crippen molar-refractivity contribution >= 4 is 29.0 Å². The van der Waals surface area contributed by atoms with Crippen LogP contribution in [0.3, 0.4) is 0 Å². The number of hydrogen-bond acceptors (Lipinski definition) is 2. The van der Waals surface area contributed by atoms with Gasteiger partial charge in [-0.1, -0.05) is 76.9 Å². The first-order valence-electron chi connectivity index (χ1n) is 8.74. The molecule has 1 heterocycles. The summed E-state index contributed by atoms with van der Waals surface area (Å²) < 4.78 is 0. The number of carbonyl (C=O) groups is 1. The molecule has 2 N–H and O–H groups in total. The predicted molar refractivity (Wildman–Crippen MR) is 109 cm³/mol. The number of aromatic nitrogens is 1. The lowest BCUT2D eigenvalue weighted by molar-refractivity contribution is 0.0978. The van der Waals surface area contributed by atoms with Crippen molar-refractivity contribution in [2.24, 2.45) is 0 Å². The van der Waals surface area contributed by atoms with Gasteiger partial charge >= 0.3 is 0 Å². The first-order chi connectivity index (χ1) is 11.8. The van der Waals surface area contributed by atoms with Crippen LogP contribution in [0.2, 0.25) is 10.2 Å². The van der Waals surface area contributed by atoms with E-state index in [1.807, 2.05) is 12.1 Å². The van der Waals surface area contributed by atoms with Crippen molar-refractivity contribution in [2.75, 3.05) is 0 Å². The summed E-state index contributed by atoms with van der Waals surface area (Å²) in [7, 11) is 0. The maximum absolute atomic E-state index is 12.4. The van der Waals surface area contributed by atoms with Crippen molar-refractivity contribution in [3.63, 3.8) is 0 Å². The van der Waals surface area contributed by atoms with Crippen LogP contribution in [0.25, 0.3) is 0 Å². The Kier molecular flexibility index (Phi) is 5.84. The summed E-state index contributed by atoms with van der Waals surface area (Å²) in [6, 6.07) is 5.57. The summed E-state index contributed by atoms with van der Waals surface area (Å²) in [5.74, 6) is 0.310. The number of H-pyrrole nitrogens is 1. The average molecular weight is 396 g/mol. The summed E-state index contributed by atoms with van der Waals surface area (Å²) in [6.45, 7) is 12.5. The molecule has 0 saturated heterocycles. The highest BCUT2D eigenvalue weighted by Crippen LogP contribution is 2.40. The van der Waals surface area contributed by atoms with E-state index in [0.29, 0.717) is 29.3 Å². The van der Waals surface area contributed by atoms with Gasteiger partial charge < -0.3 is 10.1 Å². The lowest BCUT2D eigenvalue weighted by atomic mass is 9.78. The van der Waals surface area contributed by atoms with E-state index in [9.17, 15) is 9.90 Å². The number of nitrogens with one attached hydrogen (secondary N) is 1. The third kappa shape index (κ3) is 4.63. The van der Waals surface area contributed by atoms with Gasteiger partial charge in [0.15, 0.2) is 5.78 Å². The minimum Gasteiger partial charge on any atom is -0.507 e. The maximum atomic E-state index is 12.4. The number of aromatic hydroxyl groups is 1. The zero-order valence-electron chi connectivity index (χ0n) is 16.3. The standard InChI is InChI=1S/C21H27Cl2NO2/c1-20(2,3)13-9-12(10-14(18(13)26)21(4,5)6)7-8-17(25)16-11-15(22)19(23)24-16/h9-11,24,26H,7-8H2,1-6H3. The number of benzene rings is 1. The molecule has 3 nitrogen and oxygen atoms in total. The fourth-order valence-corrected chi connectivity index (χ4v) is 3.24. The van der Waals surface area contributed by atoms with Gasteiger partial charge in [0.2, 0.25) is 0 Å². The molecule has 5 heteroatoms. The second-order valence-electron chi connectivity index (χ2n) is 8.81. The molecule has 1 aromatic carbocycles. The van der Waals surface area contributed by atoms with Crippen molar-refractivity contribution in [3.05, 3.63) is 50.8 Å². The average Bonchev–Trinajstić information content (AvgIpc) is 2.83. The molecule has 0 aliphatic heterocycles. The Bertz CT molecular complexity index is 769. The second-order valence-corrected chi connectivity index (χ2v) is 9.59. The molecule has 1 aromatic heterocycles. The highest BCUT2D eigenvalue weighted by Gasteiger charge is 2.26. The van der Waals surface area contributed by atoms with Crippen LogP contribution in [0.4, 0.5) is 0 Å². The van der Waals surface area contributed by atoms with Gasteiger partial charge in [0.1, 0.15) is 10.9 Å². The fourth-order valence-electron chi connectivity index (χ4n) is 2.93. The summed E-state index contributed by atoms with van der Waals surface area (Å²) in [5.41, 5.74) is 2.88. The number of phenols is 1. The largest absolute Gasteiger partial charge is 0.507 e. The summed E-state index contributed by atoms with van der Waals surface area (Å²) >= 11 is 11.8. The van der Waals surface area contributed by atoms with E-state index in [-0.39, 0.29) is 21.8 Å². The molecule has 0 fully saturated rings. The van der Waals surface area contributed by atoms with E-state index < -0.39 is 0 Å². The van der Waals surface area contributed by atoms with Gasteiger partial charge in [-0.25, -0.2) is 0 Å². The van der Waals surface area contributed by atoms with Crippen LogP contribution in [-0.4, -0.2) is 15.9 Å². The maximum Gasteiger partial charge on any atom is 0.179 e. The lowest BCUT2D eigenvalue weighted by Crippen LogP contribution is -2.18. The van der Waals surface area contributed by atoms with E-state index in [4.69, 9.17) is 23.2 Å². The van der Waals surface area contributed by atoms with E-state index in [0.717, 1.165) is 16.7 Å². The molecule has 0 saturated carbocycles. The highest BCUT2D eigenvalue weighted by atomic mass is 35.5. The molecule has 0 unspecified atom stereocenters. The Hall–Kier alpha value is -1.45. The first kappa shape index (κ1) is 20.9. The van der Waals surface area contributed by atoms with Crippen LogP contribution in [0.1, 0.15) is 75.1 Å². The molecule has 0 aliphatic rings. The predicted octanol–water partition coefficient (Wildman–Crippen LogP) is 6.44. The van der Waals surface area contributed by atoms with E-state index in [2.05, 4.69) is 46.5 Å². The number of Topliss-reactive ketones (excluding diaryl/α,β-unsaturated/α-hetero) is 1. The molecule has 0 aliphatic carbocycles. The van der Waals surface area contributed by atoms with E-state index in [1.165, 1.54) is 0 Å². The second kappa shape index (κ2) is 7.28. The first-order valence-corrected chi connectivity index (χ1v) is 9.50. The van der Waals surface area contributed by atoms with Crippen LogP contribution in [0.5, 0.6) is 5.75 Å². The number of phenolic OH excluding ortho intramolecular Hbond substituents is 1. The van der Waals surface area contributed by atoms with Crippen molar-refractivity contribution in [1.82, 2.24) is 4.98 Å². The summed E-state index contributed by atoms with van der Waals surface area (Å²) in [4.78, 5) is 15.2. The summed E-state index contributed by atoms with van der Waals surface area (Å²) in [5, 5.41) is 11.4. The van der Waals surface area contributed by atoms with Crippen molar-refractivity contribution in [3.8, 4) is 5.75 Å². The zero-order valence-corrected chi connectivity index (χ0v) is 17.8. The molecule has 2 aromatic rings.